The number of carbonyl (C=O) groups is 1. The van der Waals surface area contributed by atoms with Crippen LogP contribution < -0.4 is 0 Å². The lowest BCUT2D eigenvalue weighted by Gasteiger charge is -2.04. The zero-order valence-corrected chi connectivity index (χ0v) is 13.9. The molecule has 0 amide bonds. The summed E-state index contributed by atoms with van der Waals surface area (Å²) in [5, 5.41) is 0. The van der Waals surface area contributed by atoms with Gasteiger partial charge in [-0.2, -0.15) is 0 Å². The minimum Gasteiger partial charge on any atom is -0.463 e. The molecule has 0 heterocycles. The number of rotatable bonds is 10. The van der Waals surface area contributed by atoms with Crippen LogP contribution >= 0.6 is 7.60 Å². The van der Waals surface area contributed by atoms with Gasteiger partial charge in [0, 0.05) is 12.2 Å². The fourth-order valence-corrected chi connectivity index (χ4v) is 2.49. The van der Waals surface area contributed by atoms with Crippen LogP contribution in [0.1, 0.15) is 31.2 Å². The summed E-state index contributed by atoms with van der Waals surface area (Å²) in [5.41, 5.74) is 1.06. The maximum absolute atomic E-state index is 11.4. The SMILES string of the molecule is O=C(/C=C/C=C/c1ccccc1)OCCCCCCP(=O)(O)O. The van der Waals surface area contributed by atoms with Crippen molar-refractivity contribution < 1.29 is 23.9 Å². The molecule has 1 rings (SSSR count). The molecule has 0 unspecified atom stereocenters. The minimum atomic E-state index is -3.88. The van der Waals surface area contributed by atoms with E-state index in [1.165, 1.54) is 6.08 Å². The number of hydrogen-bond acceptors (Lipinski definition) is 3. The first-order valence-electron chi connectivity index (χ1n) is 7.58. The molecule has 0 spiro atoms. The van der Waals surface area contributed by atoms with Gasteiger partial charge >= 0.3 is 13.6 Å². The summed E-state index contributed by atoms with van der Waals surface area (Å²) >= 11 is 0. The molecule has 0 bridgehead atoms. The maximum atomic E-state index is 11.4. The standard InChI is InChI=1S/C17H23O5P/c18-17(13-7-6-12-16-10-4-3-5-11-16)22-14-8-1-2-9-15-23(19,20)21/h3-7,10-13H,1-2,8-9,14-15H2,(H2,19,20,21)/b12-6+,13-7+. The van der Waals surface area contributed by atoms with E-state index in [0.29, 0.717) is 19.4 Å². The Kier molecular flexibility index (Phi) is 9.22. The number of benzene rings is 1. The Hall–Kier alpha value is -1.68. The summed E-state index contributed by atoms with van der Waals surface area (Å²) in [7, 11) is -3.88. The minimum absolute atomic E-state index is 0.0801. The fraction of sp³-hybridized carbons (Fsp3) is 0.353. The first-order valence-corrected chi connectivity index (χ1v) is 9.38. The molecule has 0 atom stereocenters. The third kappa shape index (κ3) is 11.5. The Morgan fingerprint density at radius 3 is 2.43 bits per heavy atom. The van der Waals surface area contributed by atoms with E-state index in [1.807, 2.05) is 36.4 Å². The Bertz CT molecular complexity index is 560. The van der Waals surface area contributed by atoms with E-state index in [1.54, 1.807) is 12.2 Å². The van der Waals surface area contributed by atoms with Gasteiger partial charge in [0.2, 0.25) is 0 Å². The highest BCUT2D eigenvalue weighted by Crippen LogP contribution is 2.35. The van der Waals surface area contributed by atoms with Gasteiger partial charge < -0.3 is 14.5 Å². The molecule has 0 radical (unpaired) electrons. The highest BCUT2D eigenvalue weighted by Gasteiger charge is 2.10. The molecule has 0 saturated carbocycles. The van der Waals surface area contributed by atoms with Crippen molar-refractivity contribution in [3.8, 4) is 0 Å². The summed E-state index contributed by atoms with van der Waals surface area (Å²) in [6.45, 7) is 0.321. The van der Waals surface area contributed by atoms with Crippen LogP contribution in [0, 0.1) is 0 Å². The monoisotopic (exact) mass is 338 g/mol. The van der Waals surface area contributed by atoms with Crippen molar-refractivity contribution in [1.82, 2.24) is 0 Å². The van der Waals surface area contributed by atoms with E-state index in [-0.39, 0.29) is 6.16 Å². The number of ether oxygens (including phenoxy) is 1. The molecule has 6 heteroatoms. The molecule has 1 aromatic rings. The summed E-state index contributed by atoms with van der Waals surface area (Å²) in [5.74, 6) is -0.391. The van der Waals surface area contributed by atoms with E-state index in [2.05, 4.69) is 0 Å². The Labute approximate surface area is 136 Å². The molecule has 0 aliphatic carbocycles. The second kappa shape index (κ2) is 10.9. The van der Waals surface area contributed by atoms with Crippen LogP contribution in [0.3, 0.4) is 0 Å². The van der Waals surface area contributed by atoms with Crippen LogP contribution in [0.5, 0.6) is 0 Å². The third-order valence-corrected chi connectivity index (χ3v) is 3.92. The number of allylic oxidation sites excluding steroid dienone is 2. The molecular formula is C17H23O5P. The molecule has 0 aliphatic heterocycles. The molecular weight excluding hydrogens is 315 g/mol. The van der Waals surface area contributed by atoms with Crippen molar-refractivity contribution in [2.75, 3.05) is 12.8 Å². The quantitative estimate of drug-likeness (QED) is 0.224. The zero-order valence-electron chi connectivity index (χ0n) is 13.0. The molecule has 23 heavy (non-hydrogen) atoms. The fourth-order valence-electron chi connectivity index (χ4n) is 1.86. The van der Waals surface area contributed by atoms with E-state index in [4.69, 9.17) is 14.5 Å². The van der Waals surface area contributed by atoms with Gasteiger partial charge in [-0.1, -0.05) is 61.4 Å². The molecule has 0 saturated heterocycles. The van der Waals surface area contributed by atoms with Crippen molar-refractivity contribution in [1.29, 1.82) is 0 Å². The van der Waals surface area contributed by atoms with Gasteiger partial charge in [-0.25, -0.2) is 4.79 Å². The lowest BCUT2D eigenvalue weighted by molar-refractivity contribution is -0.137. The number of hydrogen-bond donors (Lipinski definition) is 2. The van der Waals surface area contributed by atoms with Crippen LogP contribution in [-0.2, 0) is 14.1 Å². The van der Waals surface area contributed by atoms with Gasteiger partial charge in [-0.3, -0.25) is 4.57 Å². The van der Waals surface area contributed by atoms with Gasteiger partial charge in [0.15, 0.2) is 0 Å². The predicted octanol–water partition coefficient (Wildman–Crippen LogP) is 3.54. The molecule has 2 N–H and O–H groups in total. The van der Waals surface area contributed by atoms with E-state index >= 15 is 0 Å². The van der Waals surface area contributed by atoms with Crippen LogP contribution in [-0.4, -0.2) is 28.5 Å². The van der Waals surface area contributed by atoms with Gasteiger partial charge in [0.25, 0.3) is 0 Å². The van der Waals surface area contributed by atoms with Gasteiger partial charge in [0.05, 0.1) is 6.61 Å². The van der Waals surface area contributed by atoms with E-state index in [0.717, 1.165) is 18.4 Å². The van der Waals surface area contributed by atoms with E-state index in [9.17, 15) is 9.36 Å². The smallest absolute Gasteiger partial charge is 0.330 e. The molecule has 0 aliphatic rings. The number of carbonyl (C=O) groups excluding carboxylic acids is 1. The van der Waals surface area contributed by atoms with Crippen molar-refractivity contribution in [2.24, 2.45) is 0 Å². The van der Waals surface area contributed by atoms with E-state index < -0.39 is 13.6 Å². The maximum Gasteiger partial charge on any atom is 0.330 e. The molecule has 0 fully saturated rings. The van der Waals surface area contributed by atoms with Crippen LogP contribution in [0.15, 0.2) is 48.6 Å². The lowest BCUT2D eigenvalue weighted by atomic mass is 10.2. The van der Waals surface area contributed by atoms with Crippen molar-refractivity contribution in [3.63, 3.8) is 0 Å². The number of esters is 1. The van der Waals surface area contributed by atoms with Crippen molar-refractivity contribution in [2.45, 2.75) is 25.7 Å². The molecule has 1 aromatic carbocycles. The highest BCUT2D eigenvalue weighted by molar-refractivity contribution is 7.51. The van der Waals surface area contributed by atoms with Gasteiger partial charge in [-0.05, 0) is 18.4 Å². The van der Waals surface area contributed by atoms with Crippen LogP contribution in [0.4, 0.5) is 0 Å². The second-order valence-corrected chi connectivity index (χ2v) is 6.88. The van der Waals surface area contributed by atoms with Crippen molar-refractivity contribution >= 4 is 19.6 Å². The van der Waals surface area contributed by atoms with Crippen LogP contribution in [0.2, 0.25) is 0 Å². The first kappa shape index (κ1) is 19.4. The average Bonchev–Trinajstić information content (AvgIpc) is 2.50. The first-order chi connectivity index (χ1) is 11.0. The molecule has 0 aromatic heterocycles. The highest BCUT2D eigenvalue weighted by atomic mass is 31.2. The average molecular weight is 338 g/mol. The largest absolute Gasteiger partial charge is 0.463 e. The Morgan fingerprint density at radius 2 is 1.74 bits per heavy atom. The van der Waals surface area contributed by atoms with Gasteiger partial charge in [-0.15, -0.1) is 0 Å². The zero-order chi connectivity index (χ0) is 17.0. The summed E-state index contributed by atoms with van der Waals surface area (Å²) in [6.07, 6.45) is 9.28. The van der Waals surface area contributed by atoms with Crippen LogP contribution in [0.25, 0.3) is 6.08 Å². The molecule has 5 nitrogen and oxygen atoms in total. The summed E-state index contributed by atoms with van der Waals surface area (Å²) in [6, 6.07) is 9.76. The second-order valence-electron chi connectivity index (χ2n) is 5.10. The number of unbranched alkanes of at least 4 members (excludes halogenated alkanes) is 3. The van der Waals surface area contributed by atoms with Gasteiger partial charge in [0.1, 0.15) is 0 Å². The normalized spacial score (nSPS) is 12.1. The Balaban J connectivity index is 2.07. The molecule has 126 valence electrons. The lowest BCUT2D eigenvalue weighted by Crippen LogP contribution is -2.02. The van der Waals surface area contributed by atoms with Crippen molar-refractivity contribution in [3.05, 3.63) is 54.1 Å². The third-order valence-electron chi connectivity index (χ3n) is 3.02. The Morgan fingerprint density at radius 1 is 1.04 bits per heavy atom. The topological polar surface area (TPSA) is 83.8 Å². The summed E-state index contributed by atoms with van der Waals surface area (Å²) < 4.78 is 15.7. The predicted molar refractivity (Wildman–Crippen MR) is 91.0 cm³/mol. The summed E-state index contributed by atoms with van der Waals surface area (Å²) in [4.78, 5) is 28.8.